The van der Waals surface area contributed by atoms with Crippen LogP contribution < -0.4 is 10.5 Å². The van der Waals surface area contributed by atoms with Gasteiger partial charge in [-0.1, -0.05) is 24.3 Å². The minimum absolute atomic E-state index is 0.0627. The van der Waals surface area contributed by atoms with Crippen LogP contribution >= 0.6 is 0 Å². The third-order valence-corrected chi connectivity index (χ3v) is 5.25. The molecule has 0 saturated carbocycles. The molecule has 3 aromatic rings. The standard InChI is InChI=1S/C21H24N4O2/c1-27-15-6-4-5-14(11-15)16-12-25(13-17(16)22)21(26)10-9-20-23-18-7-2-3-8-19(18)24-20/h2-8,11,16-17H,9-10,12-13,22H2,1H3,(H,23,24)/t16-,17+/m0/s1. The van der Waals surface area contributed by atoms with Crippen LogP contribution in [-0.4, -0.2) is 47.0 Å². The quantitative estimate of drug-likeness (QED) is 0.728. The molecule has 4 rings (SSSR count). The molecule has 1 fully saturated rings. The van der Waals surface area contributed by atoms with E-state index < -0.39 is 0 Å². The fourth-order valence-electron chi connectivity index (χ4n) is 3.76. The number of likely N-dealkylation sites (tertiary alicyclic amines) is 1. The van der Waals surface area contributed by atoms with Gasteiger partial charge in [0.05, 0.1) is 18.1 Å². The highest BCUT2D eigenvalue weighted by Crippen LogP contribution is 2.29. The van der Waals surface area contributed by atoms with E-state index in [2.05, 4.69) is 16.0 Å². The van der Waals surface area contributed by atoms with Crippen molar-refractivity contribution >= 4 is 16.9 Å². The first-order chi connectivity index (χ1) is 13.1. The van der Waals surface area contributed by atoms with Gasteiger partial charge >= 0.3 is 0 Å². The summed E-state index contributed by atoms with van der Waals surface area (Å²) in [5.41, 5.74) is 9.39. The number of methoxy groups -OCH3 is 1. The molecule has 2 aromatic carbocycles. The van der Waals surface area contributed by atoms with Crippen molar-refractivity contribution in [3.8, 4) is 5.75 Å². The lowest BCUT2D eigenvalue weighted by Gasteiger charge is -2.16. The number of nitrogens with zero attached hydrogens (tertiary/aromatic N) is 2. The zero-order valence-electron chi connectivity index (χ0n) is 15.4. The molecule has 1 aliphatic heterocycles. The Kier molecular flexibility index (Phi) is 4.81. The number of carbonyl (C=O) groups is 1. The van der Waals surface area contributed by atoms with Gasteiger partial charge in [-0.05, 0) is 29.8 Å². The number of para-hydroxylation sites is 2. The summed E-state index contributed by atoms with van der Waals surface area (Å²) in [6.07, 6.45) is 1.03. The fraction of sp³-hybridized carbons (Fsp3) is 0.333. The molecular formula is C21H24N4O2. The van der Waals surface area contributed by atoms with Gasteiger partial charge in [-0.2, -0.15) is 0 Å². The molecule has 3 N–H and O–H groups in total. The van der Waals surface area contributed by atoms with Crippen LogP contribution in [0.3, 0.4) is 0 Å². The van der Waals surface area contributed by atoms with Gasteiger partial charge in [0.25, 0.3) is 0 Å². The van der Waals surface area contributed by atoms with Crippen LogP contribution in [0.2, 0.25) is 0 Å². The normalized spacial score (nSPS) is 19.6. The predicted octanol–water partition coefficient (Wildman–Crippen LogP) is 2.46. The Bertz CT molecular complexity index is 919. The SMILES string of the molecule is COc1cccc([C@@H]2CN(C(=O)CCc3nc4ccccc4[nH]3)C[C@H]2N)c1. The summed E-state index contributed by atoms with van der Waals surface area (Å²) in [6.45, 7) is 1.23. The highest BCUT2D eigenvalue weighted by atomic mass is 16.5. The van der Waals surface area contributed by atoms with Gasteiger partial charge in [0.15, 0.2) is 0 Å². The summed E-state index contributed by atoms with van der Waals surface area (Å²) >= 11 is 0. The molecule has 0 bridgehead atoms. The number of aromatic amines is 1. The van der Waals surface area contributed by atoms with Gasteiger partial charge in [-0.15, -0.1) is 0 Å². The highest BCUT2D eigenvalue weighted by Gasteiger charge is 2.33. The number of fused-ring (bicyclic) bond motifs is 1. The highest BCUT2D eigenvalue weighted by molar-refractivity contribution is 5.78. The first-order valence-electron chi connectivity index (χ1n) is 9.25. The molecule has 1 aliphatic rings. The Hall–Kier alpha value is -2.86. The van der Waals surface area contributed by atoms with Crippen LogP contribution in [0.4, 0.5) is 0 Å². The van der Waals surface area contributed by atoms with Gasteiger partial charge in [0.1, 0.15) is 11.6 Å². The van der Waals surface area contributed by atoms with Gasteiger partial charge < -0.3 is 20.4 Å². The maximum atomic E-state index is 12.7. The van der Waals surface area contributed by atoms with Crippen molar-refractivity contribution in [2.75, 3.05) is 20.2 Å². The number of imidazole rings is 1. The van der Waals surface area contributed by atoms with Crippen LogP contribution in [0.1, 0.15) is 23.7 Å². The number of carbonyl (C=O) groups excluding carboxylic acids is 1. The lowest BCUT2D eigenvalue weighted by atomic mass is 9.95. The number of nitrogens with two attached hydrogens (primary N) is 1. The zero-order valence-corrected chi connectivity index (χ0v) is 15.4. The van der Waals surface area contributed by atoms with Crippen molar-refractivity contribution in [3.63, 3.8) is 0 Å². The van der Waals surface area contributed by atoms with Gasteiger partial charge in [0.2, 0.25) is 5.91 Å². The molecule has 6 heteroatoms. The number of ether oxygens (including phenoxy) is 1. The van der Waals surface area contributed by atoms with E-state index in [1.165, 1.54) is 0 Å². The fourth-order valence-corrected chi connectivity index (χ4v) is 3.76. The summed E-state index contributed by atoms with van der Waals surface area (Å²) in [6, 6.07) is 15.8. The number of hydrogen-bond donors (Lipinski definition) is 2. The summed E-state index contributed by atoms with van der Waals surface area (Å²) in [5, 5.41) is 0. The topological polar surface area (TPSA) is 84.2 Å². The van der Waals surface area contributed by atoms with Crippen LogP contribution in [0.5, 0.6) is 5.75 Å². The van der Waals surface area contributed by atoms with Gasteiger partial charge in [-0.25, -0.2) is 4.98 Å². The van der Waals surface area contributed by atoms with Crippen molar-refractivity contribution in [2.45, 2.75) is 24.8 Å². The average Bonchev–Trinajstić information content (AvgIpc) is 3.29. The molecule has 2 heterocycles. The summed E-state index contributed by atoms with van der Waals surface area (Å²) in [4.78, 5) is 22.4. The van der Waals surface area contributed by atoms with Crippen molar-refractivity contribution < 1.29 is 9.53 Å². The number of amides is 1. The maximum absolute atomic E-state index is 12.7. The number of benzene rings is 2. The van der Waals surface area contributed by atoms with Gasteiger partial charge in [-0.3, -0.25) is 4.79 Å². The zero-order chi connectivity index (χ0) is 18.8. The van der Waals surface area contributed by atoms with Crippen LogP contribution in [0.15, 0.2) is 48.5 Å². The van der Waals surface area contributed by atoms with E-state index in [9.17, 15) is 4.79 Å². The van der Waals surface area contributed by atoms with Crippen LogP contribution in [0.25, 0.3) is 11.0 Å². The average molecular weight is 364 g/mol. The molecule has 6 nitrogen and oxygen atoms in total. The number of hydrogen-bond acceptors (Lipinski definition) is 4. The predicted molar refractivity (Wildman–Crippen MR) is 105 cm³/mol. The van der Waals surface area contributed by atoms with E-state index in [1.807, 2.05) is 47.4 Å². The molecule has 2 atom stereocenters. The van der Waals surface area contributed by atoms with E-state index >= 15 is 0 Å². The lowest BCUT2D eigenvalue weighted by Crippen LogP contribution is -2.32. The Labute approximate surface area is 158 Å². The molecule has 1 amide bonds. The molecule has 1 aromatic heterocycles. The number of aromatic nitrogens is 2. The van der Waals surface area contributed by atoms with E-state index in [4.69, 9.17) is 10.5 Å². The molecule has 27 heavy (non-hydrogen) atoms. The number of aryl methyl sites for hydroxylation is 1. The second-order valence-electron chi connectivity index (χ2n) is 7.05. The lowest BCUT2D eigenvalue weighted by molar-refractivity contribution is -0.130. The van der Waals surface area contributed by atoms with E-state index in [1.54, 1.807) is 7.11 Å². The van der Waals surface area contributed by atoms with E-state index in [0.29, 0.717) is 25.9 Å². The molecular weight excluding hydrogens is 340 g/mol. The third kappa shape index (κ3) is 3.66. The maximum Gasteiger partial charge on any atom is 0.223 e. The molecule has 0 unspecified atom stereocenters. The summed E-state index contributed by atoms with van der Waals surface area (Å²) in [7, 11) is 1.65. The summed E-state index contributed by atoms with van der Waals surface area (Å²) < 4.78 is 5.30. The smallest absolute Gasteiger partial charge is 0.223 e. The summed E-state index contributed by atoms with van der Waals surface area (Å²) in [5.74, 6) is 1.92. The van der Waals surface area contributed by atoms with Crippen molar-refractivity contribution in [3.05, 3.63) is 59.9 Å². The second kappa shape index (κ2) is 7.40. The Morgan fingerprint density at radius 1 is 1.26 bits per heavy atom. The van der Waals surface area contributed by atoms with Crippen molar-refractivity contribution in [1.29, 1.82) is 0 Å². The third-order valence-electron chi connectivity index (χ3n) is 5.25. The number of rotatable bonds is 5. The monoisotopic (exact) mass is 364 g/mol. The largest absolute Gasteiger partial charge is 0.497 e. The van der Waals surface area contributed by atoms with Crippen LogP contribution in [0, 0.1) is 0 Å². The number of nitrogens with one attached hydrogen (secondary N) is 1. The first-order valence-corrected chi connectivity index (χ1v) is 9.25. The van der Waals surface area contributed by atoms with E-state index in [0.717, 1.165) is 28.2 Å². The second-order valence-corrected chi connectivity index (χ2v) is 7.05. The minimum Gasteiger partial charge on any atom is -0.497 e. The molecule has 140 valence electrons. The Morgan fingerprint density at radius 2 is 2.11 bits per heavy atom. The number of H-pyrrole nitrogens is 1. The molecule has 0 spiro atoms. The van der Waals surface area contributed by atoms with Crippen molar-refractivity contribution in [2.24, 2.45) is 5.73 Å². The van der Waals surface area contributed by atoms with Gasteiger partial charge in [0, 0.05) is 37.9 Å². The van der Waals surface area contributed by atoms with Crippen LogP contribution in [-0.2, 0) is 11.2 Å². The molecule has 1 saturated heterocycles. The Balaban J connectivity index is 1.39. The van der Waals surface area contributed by atoms with Crippen molar-refractivity contribution in [1.82, 2.24) is 14.9 Å². The minimum atomic E-state index is -0.0627. The Morgan fingerprint density at radius 3 is 2.93 bits per heavy atom. The van der Waals surface area contributed by atoms with E-state index in [-0.39, 0.29) is 17.9 Å². The molecule has 0 aliphatic carbocycles. The molecule has 0 radical (unpaired) electrons. The first kappa shape index (κ1) is 17.5.